The molecule has 1 heterocycles. The predicted octanol–water partition coefficient (Wildman–Crippen LogP) is 2.69. The SMILES string of the molecule is CC(C)(C)NCc1nccn1Cc1ccccc1C#N. The number of hydrogen-bond acceptors (Lipinski definition) is 3. The van der Waals surface area contributed by atoms with E-state index in [1.807, 2.05) is 30.5 Å². The van der Waals surface area contributed by atoms with E-state index in [0.717, 1.165) is 17.0 Å². The van der Waals surface area contributed by atoms with Crippen molar-refractivity contribution >= 4 is 0 Å². The summed E-state index contributed by atoms with van der Waals surface area (Å²) in [5.41, 5.74) is 1.79. The van der Waals surface area contributed by atoms with Gasteiger partial charge in [-0.2, -0.15) is 5.26 Å². The van der Waals surface area contributed by atoms with Gasteiger partial charge in [-0.3, -0.25) is 0 Å². The van der Waals surface area contributed by atoms with Gasteiger partial charge in [-0.25, -0.2) is 4.98 Å². The standard InChI is InChI=1S/C16H20N4/c1-16(2,3)19-11-15-18-8-9-20(15)12-14-7-5-4-6-13(14)10-17/h4-9,19H,11-12H2,1-3H3. The van der Waals surface area contributed by atoms with Crippen LogP contribution in [-0.4, -0.2) is 15.1 Å². The predicted molar refractivity (Wildman–Crippen MR) is 79.1 cm³/mol. The molecule has 1 aromatic heterocycles. The summed E-state index contributed by atoms with van der Waals surface area (Å²) in [6.07, 6.45) is 3.75. The zero-order valence-electron chi connectivity index (χ0n) is 12.2. The average molecular weight is 268 g/mol. The third-order valence-electron chi connectivity index (χ3n) is 3.06. The summed E-state index contributed by atoms with van der Waals surface area (Å²) in [7, 11) is 0. The molecule has 20 heavy (non-hydrogen) atoms. The second-order valence-corrected chi connectivity index (χ2v) is 5.84. The Kier molecular flexibility index (Phi) is 4.21. The molecule has 0 radical (unpaired) electrons. The monoisotopic (exact) mass is 268 g/mol. The lowest BCUT2D eigenvalue weighted by molar-refractivity contribution is 0.413. The molecule has 0 aliphatic rings. The first-order valence-corrected chi connectivity index (χ1v) is 6.72. The summed E-state index contributed by atoms with van der Waals surface area (Å²) in [6.45, 7) is 7.78. The Labute approximate surface area is 120 Å². The van der Waals surface area contributed by atoms with Gasteiger partial charge in [-0.1, -0.05) is 18.2 Å². The number of nitrogens with one attached hydrogen (secondary N) is 1. The minimum atomic E-state index is 0.0569. The maximum absolute atomic E-state index is 9.14. The van der Waals surface area contributed by atoms with Crippen molar-refractivity contribution in [1.29, 1.82) is 5.26 Å². The minimum absolute atomic E-state index is 0.0569. The highest BCUT2D eigenvalue weighted by atomic mass is 15.1. The van der Waals surface area contributed by atoms with E-state index in [1.54, 1.807) is 6.20 Å². The lowest BCUT2D eigenvalue weighted by Gasteiger charge is -2.20. The molecule has 0 saturated heterocycles. The van der Waals surface area contributed by atoms with Gasteiger partial charge >= 0.3 is 0 Å². The summed E-state index contributed by atoms with van der Waals surface area (Å²) in [5, 5.41) is 12.6. The molecular formula is C16H20N4. The second kappa shape index (κ2) is 5.89. The van der Waals surface area contributed by atoms with Gasteiger partial charge in [0.15, 0.2) is 0 Å². The van der Waals surface area contributed by atoms with Crippen LogP contribution in [-0.2, 0) is 13.1 Å². The minimum Gasteiger partial charge on any atom is -0.329 e. The summed E-state index contributed by atoms with van der Waals surface area (Å²) in [5.74, 6) is 0.979. The largest absolute Gasteiger partial charge is 0.329 e. The van der Waals surface area contributed by atoms with Crippen LogP contribution in [0.5, 0.6) is 0 Å². The maximum atomic E-state index is 9.14. The number of imidazole rings is 1. The van der Waals surface area contributed by atoms with Gasteiger partial charge < -0.3 is 9.88 Å². The molecule has 4 nitrogen and oxygen atoms in total. The first-order valence-electron chi connectivity index (χ1n) is 6.72. The maximum Gasteiger partial charge on any atom is 0.122 e. The highest BCUT2D eigenvalue weighted by Crippen LogP contribution is 2.11. The highest BCUT2D eigenvalue weighted by molar-refractivity contribution is 5.37. The van der Waals surface area contributed by atoms with E-state index in [1.165, 1.54) is 0 Å². The molecule has 0 fully saturated rings. The van der Waals surface area contributed by atoms with Gasteiger partial charge in [0.1, 0.15) is 5.82 Å². The number of nitriles is 1. The van der Waals surface area contributed by atoms with Crippen molar-refractivity contribution in [2.45, 2.75) is 39.4 Å². The van der Waals surface area contributed by atoms with E-state index in [4.69, 9.17) is 5.26 Å². The fourth-order valence-electron chi connectivity index (χ4n) is 1.95. The van der Waals surface area contributed by atoms with Gasteiger partial charge in [-0.15, -0.1) is 0 Å². The summed E-state index contributed by atoms with van der Waals surface area (Å²) < 4.78 is 2.08. The van der Waals surface area contributed by atoms with E-state index < -0.39 is 0 Å². The van der Waals surface area contributed by atoms with Crippen molar-refractivity contribution in [3.8, 4) is 6.07 Å². The van der Waals surface area contributed by atoms with Crippen molar-refractivity contribution in [2.24, 2.45) is 0 Å². The normalized spacial score (nSPS) is 11.3. The highest BCUT2D eigenvalue weighted by Gasteiger charge is 2.11. The van der Waals surface area contributed by atoms with Crippen molar-refractivity contribution in [2.75, 3.05) is 0 Å². The molecule has 4 heteroatoms. The smallest absolute Gasteiger partial charge is 0.122 e. The molecule has 2 rings (SSSR count). The molecule has 1 aromatic carbocycles. The molecule has 104 valence electrons. The molecule has 0 saturated carbocycles. The number of aromatic nitrogens is 2. The Bertz CT molecular complexity index is 614. The van der Waals surface area contributed by atoms with Crippen LogP contribution >= 0.6 is 0 Å². The third-order valence-corrected chi connectivity index (χ3v) is 3.06. The molecule has 0 atom stereocenters. The molecule has 0 bridgehead atoms. The first-order chi connectivity index (χ1) is 9.49. The molecule has 0 amide bonds. The second-order valence-electron chi connectivity index (χ2n) is 5.84. The zero-order chi connectivity index (χ0) is 14.6. The van der Waals surface area contributed by atoms with Crippen LogP contribution in [0.1, 0.15) is 37.7 Å². The molecule has 1 N–H and O–H groups in total. The number of nitrogens with zero attached hydrogens (tertiary/aromatic N) is 3. The summed E-state index contributed by atoms with van der Waals surface area (Å²) >= 11 is 0. The Hall–Kier alpha value is -2.12. The van der Waals surface area contributed by atoms with Crippen LogP contribution in [0, 0.1) is 11.3 Å². The van der Waals surface area contributed by atoms with Crippen molar-refractivity contribution in [1.82, 2.24) is 14.9 Å². The van der Waals surface area contributed by atoms with E-state index in [-0.39, 0.29) is 5.54 Å². The van der Waals surface area contributed by atoms with Gasteiger partial charge in [-0.05, 0) is 32.4 Å². The Morgan fingerprint density at radius 3 is 2.75 bits per heavy atom. The number of benzene rings is 1. The fourth-order valence-corrected chi connectivity index (χ4v) is 1.95. The number of rotatable bonds is 4. The van der Waals surface area contributed by atoms with Crippen LogP contribution < -0.4 is 5.32 Å². The lowest BCUT2D eigenvalue weighted by atomic mass is 10.1. The molecule has 0 aliphatic heterocycles. The Morgan fingerprint density at radius 2 is 2.05 bits per heavy atom. The summed E-state index contributed by atoms with van der Waals surface area (Å²) in [4.78, 5) is 4.39. The van der Waals surface area contributed by atoms with Gasteiger partial charge in [0.05, 0.1) is 24.7 Å². The third kappa shape index (κ3) is 3.69. The average Bonchev–Trinajstić information content (AvgIpc) is 2.83. The van der Waals surface area contributed by atoms with E-state index in [2.05, 4.69) is 41.7 Å². The Morgan fingerprint density at radius 1 is 1.30 bits per heavy atom. The fraction of sp³-hybridized carbons (Fsp3) is 0.375. The molecule has 0 spiro atoms. The molecule has 0 aliphatic carbocycles. The van der Waals surface area contributed by atoms with Gasteiger partial charge in [0.2, 0.25) is 0 Å². The van der Waals surface area contributed by atoms with E-state index in [9.17, 15) is 0 Å². The van der Waals surface area contributed by atoms with Crippen molar-refractivity contribution < 1.29 is 0 Å². The summed E-state index contributed by atoms with van der Waals surface area (Å²) in [6, 6.07) is 9.91. The van der Waals surface area contributed by atoms with Crippen molar-refractivity contribution in [3.63, 3.8) is 0 Å². The Balaban J connectivity index is 2.15. The van der Waals surface area contributed by atoms with Crippen LogP contribution in [0.15, 0.2) is 36.7 Å². The van der Waals surface area contributed by atoms with Gasteiger partial charge in [0, 0.05) is 17.9 Å². The van der Waals surface area contributed by atoms with Crippen LogP contribution in [0.3, 0.4) is 0 Å². The first kappa shape index (κ1) is 14.3. The molecule has 2 aromatic rings. The van der Waals surface area contributed by atoms with Crippen LogP contribution in [0.25, 0.3) is 0 Å². The van der Waals surface area contributed by atoms with Crippen molar-refractivity contribution in [3.05, 3.63) is 53.6 Å². The molecule has 0 unspecified atom stereocenters. The number of hydrogen-bond donors (Lipinski definition) is 1. The quantitative estimate of drug-likeness (QED) is 0.927. The van der Waals surface area contributed by atoms with Gasteiger partial charge in [0.25, 0.3) is 0 Å². The van der Waals surface area contributed by atoms with Crippen LogP contribution in [0.2, 0.25) is 0 Å². The van der Waals surface area contributed by atoms with E-state index in [0.29, 0.717) is 13.1 Å². The van der Waals surface area contributed by atoms with Crippen LogP contribution in [0.4, 0.5) is 0 Å². The topological polar surface area (TPSA) is 53.6 Å². The molecular weight excluding hydrogens is 248 g/mol. The van der Waals surface area contributed by atoms with E-state index >= 15 is 0 Å². The zero-order valence-corrected chi connectivity index (χ0v) is 12.2. The lowest BCUT2D eigenvalue weighted by Crippen LogP contribution is -2.36.